The zero-order chi connectivity index (χ0) is 15.5. The Kier molecular flexibility index (Phi) is 4.43. The average molecular weight is 286 g/mol. The van der Waals surface area contributed by atoms with Crippen molar-refractivity contribution in [1.29, 1.82) is 0 Å². The first-order valence-corrected chi connectivity index (χ1v) is 6.99. The summed E-state index contributed by atoms with van der Waals surface area (Å²) in [6.45, 7) is 6.81. The van der Waals surface area contributed by atoms with Crippen LogP contribution in [0.25, 0.3) is 0 Å². The summed E-state index contributed by atoms with van der Waals surface area (Å²) in [6, 6.07) is 8.98. The summed E-state index contributed by atoms with van der Waals surface area (Å²) in [5.41, 5.74) is 7.32. The minimum Gasteiger partial charge on any atom is -0.368 e. The topological polar surface area (TPSA) is 72.9 Å². The quantitative estimate of drug-likeness (QED) is 0.882. The molecule has 0 saturated carbocycles. The summed E-state index contributed by atoms with van der Waals surface area (Å²) >= 11 is 0. The predicted octanol–water partition coefficient (Wildman–Crippen LogP) is 1.95. The number of hydrogen-bond donors (Lipinski definition) is 2. The van der Waals surface area contributed by atoms with Crippen molar-refractivity contribution in [3.05, 3.63) is 53.9 Å². The first-order chi connectivity index (χ1) is 9.88. The average Bonchev–Trinajstić information content (AvgIpc) is 2.88. The van der Waals surface area contributed by atoms with Crippen molar-refractivity contribution in [3.8, 4) is 0 Å². The molecule has 0 bridgehead atoms. The molecule has 21 heavy (non-hydrogen) atoms. The first-order valence-electron chi connectivity index (χ1n) is 6.99. The highest BCUT2D eigenvalue weighted by Crippen LogP contribution is 2.15. The smallest absolute Gasteiger partial charge is 0.239 e. The summed E-state index contributed by atoms with van der Waals surface area (Å²) in [6.07, 6.45) is 3.79. The molecule has 0 spiro atoms. The van der Waals surface area contributed by atoms with E-state index in [1.165, 1.54) is 0 Å². The molecule has 0 unspecified atom stereocenters. The van der Waals surface area contributed by atoms with Gasteiger partial charge in [-0.2, -0.15) is 5.10 Å². The zero-order valence-corrected chi connectivity index (χ0v) is 12.7. The van der Waals surface area contributed by atoms with Crippen LogP contribution in [0.3, 0.4) is 0 Å². The molecule has 0 aliphatic rings. The Morgan fingerprint density at radius 3 is 2.52 bits per heavy atom. The second kappa shape index (κ2) is 6.10. The molecule has 3 N–H and O–H groups in total. The van der Waals surface area contributed by atoms with Gasteiger partial charge >= 0.3 is 0 Å². The monoisotopic (exact) mass is 286 g/mol. The standard InChI is InChI=1S/C16H22N4O/c1-16(2,3)20-11-12(10-19-20)9-18-14(15(17)21)13-7-5-4-6-8-13/h4-8,10-11,14,18H,9H2,1-3H3,(H2,17,21)/t14-/m1/s1. The van der Waals surface area contributed by atoms with Gasteiger partial charge in [0, 0.05) is 18.3 Å². The number of primary amides is 1. The van der Waals surface area contributed by atoms with Crippen molar-refractivity contribution in [3.63, 3.8) is 0 Å². The summed E-state index contributed by atoms with van der Waals surface area (Å²) in [7, 11) is 0. The van der Waals surface area contributed by atoms with Crippen LogP contribution in [-0.4, -0.2) is 15.7 Å². The highest BCUT2D eigenvalue weighted by atomic mass is 16.1. The summed E-state index contributed by atoms with van der Waals surface area (Å²) in [5.74, 6) is -0.385. The second-order valence-corrected chi connectivity index (χ2v) is 6.09. The lowest BCUT2D eigenvalue weighted by Crippen LogP contribution is -2.33. The molecular formula is C16H22N4O. The van der Waals surface area contributed by atoms with Crippen molar-refractivity contribution in [1.82, 2.24) is 15.1 Å². The van der Waals surface area contributed by atoms with E-state index in [2.05, 4.69) is 31.2 Å². The number of nitrogens with one attached hydrogen (secondary N) is 1. The lowest BCUT2D eigenvalue weighted by atomic mass is 10.1. The van der Waals surface area contributed by atoms with Gasteiger partial charge in [-0.3, -0.25) is 14.8 Å². The summed E-state index contributed by atoms with van der Waals surface area (Å²) in [5, 5.41) is 7.53. The Bertz CT molecular complexity index is 598. The molecule has 1 aromatic carbocycles. The van der Waals surface area contributed by atoms with E-state index >= 15 is 0 Å². The van der Waals surface area contributed by atoms with Gasteiger partial charge in [-0.1, -0.05) is 30.3 Å². The van der Waals surface area contributed by atoms with Crippen LogP contribution in [0.15, 0.2) is 42.7 Å². The molecule has 2 rings (SSSR count). The maximum Gasteiger partial charge on any atom is 0.239 e. The Balaban J connectivity index is 2.06. The summed E-state index contributed by atoms with van der Waals surface area (Å²) < 4.78 is 1.91. The van der Waals surface area contributed by atoms with Crippen LogP contribution in [-0.2, 0) is 16.9 Å². The van der Waals surface area contributed by atoms with E-state index in [0.29, 0.717) is 6.54 Å². The van der Waals surface area contributed by atoms with E-state index in [1.54, 1.807) is 6.20 Å². The number of nitrogens with zero attached hydrogens (tertiary/aromatic N) is 2. The minimum atomic E-state index is -0.496. The van der Waals surface area contributed by atoms with Gasteiger partial charge in [0.2, 0.25) is 5.91 Å². The third kappa shape index (κ3) is 3.92. The fourth-order valence-corrected chi connectivity index (χ4v) is 2.07. The molecule has 5 nitrogen and oxygen atoms in total. The first kappa shape index (κ1) is 15.3. The fourth-order valence-electron chi connectivity index (χ4n) is 2.07. The molecule has 0 saturated heterocycles. The Hall–Kier alpha value is -2.14. The van der Waals surface area contributed by atoms with E-state index in [1.807, 2.05) is 41.2 Å². The third-order valence-electron chi connectivity index (χ3n) is 3.25. The van der Waals surface area contributed by atoms with Gasteiger partial charge in [-0.15, -0.1) is 0 Å². The van der Waals surface area contributed by atoms with Crippen LogP contribution < -0.4 is 11.1 Å². The van der Waals surface area contributed by atoms with Gasteiger partial charge in [-0.05, 0) is 26.3 Å². The van der Waals surface area contributed by atoms with Crippen molar-refractivity contribution >= 4 is 5.91 Å². The molecule has 5 heteroatoms. The van der Waals surface area contributed by atoms with Crippen LogP contribution in [0, 0.1) is 0 Å². The molecular weight excluding hydrogens is 264 g/mol. The maximum atomic E-state index is 11.6. The molecule has 112 valence electrons. The fraction of sp³-hybridized carbons (Fsp3) is 0.375. The number of carbonyl (C=O) groups excluding carboxylic acids is 1. The predicted molar refractivity (Wildman–Crippen MR) is 82.4 cm³/mol. The van der Waals surface area contributed by atoms with Crippen LogP contribution in [0.5, 0.6) is 0 Å². The zero-order valence-electron chi connectivity index (χ0n) is 12.7. The molecule has 2 aromatic rings. The van der Waals surface area contributed by atoms with Crippen molar-refractivity contribution < 1.29 is 4.79 Å². The normalized spacial score (nSPS) is 13.1. The molecule has 0 radical (unpaired) electrons. The van der Waals surface area contributed by atoms with Crippen LogP contribution >= 0.6 is 0 Å². The number of aromatic nitrogens is 2. The molecule has 0 aliphatic heterocycles. The number of carbonyl (C=O) groups is 1. The van der Waals surface area contributed by atoms with Gasteiger partial charge in [0.15, 0.2) is 0 Å². The third-order valence-corrected chi connectivity index (χ3v) is 3.25. The van der Waals surface area contributed by atoms with E-state index in [9.17, 15) is 4.79 Å². The number of benzene rings is 1. The van der Waals surface area contributed by atoms with Crippen LogP contribution in [0.2, 0.25) is 0 Å². The number of amides is 1. The second-order valence-electron chi connectivity index (χ2n) is 6.09. The largest absolute Gasteiger partial charge is 0.368 e. The van der Waals surface area contributed by atoms with Gasteiger partial charge in [0.25, 0.3) is 0 Å². The van der Waals surface area contributed by atoms with Gasteiger partial charge in [-0.25, -0.2) is 0 Å². The van der Waals surface area contributed by atoms with Crippen molar-refractivity contribution in [2.75, 3.05) is 0 Å². The SMILES string of the molecule is CC(C)(C)n1cc(CN[C@@H](C(N)=O)c2ccccc2)cn1. The lowest BCUT2D eigenvalue weighted by Gasteiger charge is -2.19. The van der Waals surface area contributed by atoms with Gasteiger partial charge < -0.3 is 5.73 Å². The van der Waals surface area contributed by atoms with Crippen molar-refractivity contribution in [2.45, 2.75) is 38.9 Å². The van der Waals surface area contributed by atoms with Gasteiger partial charge in [0.1, 0.15) is 6.04 Å². The van der Waals surface area contributed by atoms with E-state index in [0.717, 1.165) is 11.1 Å². The van der Waals surface area contributed by atoms with Crippen LogP contribution in [0.4, 0.5) is 0 Å². The molecule has 0 fully saturated rings. The molecule has 1 atom stereocenters. The summed E-state index contributed by atoms with van der Waals surface area (Å²) in [4.78, 5) is 11.6. The molecule has 0 aliphatic carbocycles. The Labute approximate surface area is 125 Å². The van der Waals surface area contributed by atoms with Gasteiger partial charge in [0.05, 0.1) is 11.7 Å². The van der Waals surface area contributed by atoms with Crippen molar-refractivity contribution in [2.24, 2.45) is 5.73 Å². The molecule has 1 heterocycles. The Morgan fingerprint density at radius 2 is 2.00 bits per heavy atom. The molecule has 1 amide bonds. The van der Waals surface area contributed by atoms with Crippen LogP contribution in [0.1, 0.15) is 37.9 Å². The number of hydrogen-bond acceptors (Lipinski definition) is 3. The highest BCUT2D eigenvalue weighted by molar-refractivity contribution is 5.81. The Morgan fingerprint density at radius 1 is 1.33 bits per heavy atom. The van der Waals surface area contributed by atoms with E-state index in [-0.39, 0.29) is 11.4 Å². The maximum absolute atomic E-state index is 11.6. The highest BCUT2D eigenvalue weighted by Gasteiger charge is 2.18. The van der Waals surface area contributed by atoms with E-state index < -0.39 is 6.04 Å². The lowest BCUT2D eigenvalue weighted by molar-refractivity contribution is -0.120. The molecule has 1 aromatic heterocycles. The number of nitrogens with two attached hydrogens (primary N) is 1. The van der Waals surface area contributed by atoms with E-state index in [4.69, 9.17) is 5.73 Å². The number of rotatable bonds is 5. The minimum absolute atomic E-state index is 0.0548.